The van der Waals surface area contributed by atoms with E-state index in [2.05, 4.69) is 54.0 Å². The van der Waals surface area contributed by atoms with Crippen LogP contribution in [0.3, 0.4) is 0 Å². The lowest BCUT2D eigenvalue weighted by Gasteiger charge is -2.19. The molecule has 0 radical (unpaired) electrons. The van der Waals surface area contributed by atoms with E-state index in [1.807, 2.05) is 11.3 Å². The second-order valence-electron chi connectivity index (χ2n) is 5.03. The number of rotatable bonds is 8. The molecule has 0 aliphatic carbocycles. The maximum Gasteiger partial charge on any atom is 0.0587 e. The Morgan fingerprint density at radius 2 is 2.05 bits per heavy atom. The molecule has 0 bridgehead atoms. The maximum atomic E-state index is 5.10. The number of hydrogen-bond acceptors (Lipinski definition) is 3. The fraction of sp³-hybridized carbons (Fsp3) is 0.412. The summed E-state index contributed by atoms with van der Waals surface area (Å²) in [4.78, 5) is 1.45. The highest BCUT2D eigenvalue weighted by Gasteiger charge is 2.14. The van der Waals surface area contributed by atoms with Crippen molar-refractivity contribution in [1.82, 2.24) is 5.32 Å². The molecule has 3 heteroatoms. The van der Waals surface area contributed by atoms with Crippen LogP contribution in [0.25, 0.3) is 0 Å². The molecule has 1 atom stereocenters. The number of benzene rings is 1. The number of methoxy groups -OCH3 is 1. The normalized spacial score (nSPS) is 12.5. The van der Waals surface area contributed by atoms with Gasteiger partial charge in [0.1, 0.15) is 0 Å². The summed E-state index contributed by atoms with van der Waals surface area (Å²) in [5, 5.41) is 5.66. The molecule has 0 aliphatic heterocycles. The smallest absolute Gasteiger partial charge is 0.0587 e. The summed E-state index contributed by atoms with van der Waals surface area (Å²) in [7, 11) is 1.74. The molecule has 0 saturated carbocycles. The monoisotopic (exact) mass is 289 g/mol. The fourth-order valence-electron chi connectivity index (χ4n) is 2.46. The van der Waals surface area contributed by atoms with Gasteiger partial charge in [0.2, 0.25) is 0 Å². The molecule has 1 N–H and O–H groups in total. The van der Waals surface area contributed by atoms with Crippen LogP contribution in [-0.4, -0.2) is 26.8 Å². The Morgan fingerprint density at radius 1 is 1.20 bits per heavy atom. The molecule has 20 heavy (non-hydrogen) atoms. The Labute approximate surface area is 125 Å². The standard InChI is InChI=1S/C17H23NOS/c1-14-6-3-4-8-17(14)15(13-18-9-10-19-2)12-16-7-5-11-20-16/h3-8,11,15,18H,9-10,12-13H2,1-2H3. The third-order valence-corrected chi connectivity index (χ3v) is 4.43. The second kappa shape index (κ2) is 8.20. The SMILES string of the molecule is COCCNCC(Cc1cccs1)c1ccccc1C. The summed E-state index contributed by atoms with van der Waals surface area (Å²) in [5.74, 6) is 0.520. The van der Waals surface area contributed by atoms with Gasteiger partial charge in [0, 0.05) is 31.0 Å². The van der Waals surface area contributed by atoms with Gasteiger partial charge in [-0.25, -0.2) is 0 Å². The van der Waals surface area contributed by atoms with Gasteiger partial charge in [-0.1, -0.05) is 30.3 Å². The van der Waals surface area contributed by atoms with E-state index in [0.717, 1.165) is 26.1 Å². The van der Waals surface area contributed by atoms with Crippen LogP contribution in [0.15, 0.2) is 41.8 Å². The van der Waals surface area contributed by atoms with Crippen LogP contribution < -0.4 is 5.32 Å². The first-order valence-corrected chi connectivity index (χ1v) is 7.96. The highest BCUT2D eigenvalue weighted by atomic mass is 32.1. The lowest BCUT2D eigenvalue weighted by molar-refractivity contribution is 0.199. The van der Waals surface area contributed by atoms with Gasteiger partial charge in [0.25, 0.3) is 0 Å². The van der Waals surface area contributed by atoms with Crippen molar-refractivity contribution in [3.05, 3.63) is 57.8 Å². The van der Waals surface area contributed by atoms with Crippen LogP contribution in [0.5, 0.6) is 0 Å². The predicted molar refractivity (Wildman–Crippen MR) is 86.7 cm³/mol. The number of hydrogen-bond donors (Lipinski definition) is 1. The molecule has 0 spiro atoms. The van der Waals surface area contributed by atoms with E-state index in [1.54, 1.807) is 7.11 Å². The van der Waals surface area contributed by atoms with Crippen LogP contribution in [-0.2, 0) is 11.2 Å². The Kier molecular flexibility index (Phi) is 6.25. The van der Waals surface area contributed by atoms with Gasteiger partial charge in [-0.05, 0) is 35.9 Å². The number of nitrogens with one attached hydrogen (secondary N) is 1. The van der Waals surface area contributed by atoms with Crippen molar-refractivity contribution in [2.45, 2.75) is 19.3 Å². The second-order valence-corrected chi connectivity index (χ2v) is 6.07. The van der Waals surface area contributed by atoms with E-state index in [-0.39, 0.29) is 0 Å². The highest BCUT2D eigenvalue weighted by molar-refractivity contribution is 7.09. The summed E-state index contributed by atoms with van der Waals surface area (Å²) in [6, 6.07) is 13.1. The minimum Gasteiger partial charge on any atom is -0.383 e. The minimum absolute atomic E-state index is 0.520. The molecule has 0 fully saturated rings. The van der Waals surface area contributed by atoms with E-state index < -0.39 is 0 Å². The Bertz CT molecular complexity index is 495. The zero-order valence-electron chi connectivity index (χ0n) is 12.3. The first-order valence-electron chi connectivity index (χ1n) is 7.09. The molecular weight excluding hydrogens is 266 g/mol. The first-order chi connectivity index (χ1) is 9.81. The number of ether oxygens (including phenoxy) is 1. The fourth-order valence-corrected chi connectivity index (χ4v) is 3.25. The highest BCUT2D eigenvalue weighted by Crippen LogP contribution is 2.25. The summed E-state index contributed by atoms with van der Waals surface area (Å²) < 4.78 is 5.10. The quantitative estimate of drug-likeness (QED) is 0.749. The largest absolute Gasteiger partial charge is 0.383 e. The van der Waals surface area contributed by atoms with Crippen LogP contribution in [0.2, 0.25) is 0 Å². The zero-order chi connectivity index (χ0) is 14.2. The van der Waals surface area contributed by atoms with Crippen LogP contribution >= 0.6 is 11.3 Å². The van der Waals surface area contributed by atoms with Gasteiger partial charge < -0.3 is 10.1 Å². The summed E-state index contributed by atoms with van der Waals surface area (Å²) >= 11 is 1.84. The Balaban J connectivity index is 2.05. The first kappa shape index (κ1) is 15.2. The lowest BCUT2D eigenvalue weighted by atomic mass is 9.91. The zero-order valence-corrected chi connectivity index (χ0v) is 13.1. The van der Waals surface area contributed by atoms with Crippen LogP contribution in [0.1, 0.15) is 21.9 Å². The molecule has 1 aromatic heterocycles. The third-order valence-electron chi connectivity index (χ3n) is 3.53. The average molecular weight is 289 g/mol. The van der Waals surface area contributed by atoms with Crippen molar-refractivity contribution >= 4 is 11.3 Å². The van der Waals surface area contributed by atoms with Crippen molar-refractivity contribution in [3.63, 3.8) is 0 Å². The van der Waals surface area contributed by atoms with Gasteiger partial charge in [-0.2, -0.15) is 0 Å². The van der Waals surface area contributed by atoms with Gasteiger partial charge in [0.05, 0.1) is 6.61 Å². The number of thiophene rings is 1. The topological polar surface area (TPSA) is 21.3 Å². The molecule has 1 heterocycles. The predicted octanol–water partition coefficient (Wildman–Crippen LogP) is 3.62. The van der Waals surface area contributed by atoms with Crippen LogP contribution in [0.4, 0.5) is 0 Å². The summed E-state index contributed by atoms with van der Waals surface area (Å²) in [6.45, 7) is 4.86. The van der Waals surface area contributed by atoms with E-state index in [0.29, 0.717) is 5.92 Å². The Hall–Kier alpha value is -1.16. The van der Waals surface area contributed by atoms with E-state index >= 15 is 0 Å². The van der Waals surface area contributed by atoms with Gasteiger partial charge >= 0.3 is 0 Å². The van der Waals surface area contributed by atoms with Gasteiger partial charge in [-0.3, -0.25) is 0 Å². The van der Waals surface area contributed by atoms with E-state index in [4.69, 9.17) is 4.74 Å². The molecule has 2 aromatic rings. The number of aryl methyl sites for hydroxylation is 1. The molecule has 2 nitrogen and oxygen atoms in total. The molecule has 0 saturated heterocycles. The van der Waals surface area contributed by atoms with Crippen molar-refractivity contribution < 1.29 is 4.74 Å². The summed E-state index contributed by atoms with van der Waals surface area (Å²) in [5.41, 5.74) is 2.83. The lowest BCUT2D eigenvalue weighted by Crippen LogP contribution is -2.26. The van der Waals surface area contributed by atoms with Crippen molar-refractivity contribution in [3.8, 4) is 0 Å². The molecule has 2 rings (SSSR count). The molecule has 0 amide bonds. The summed E-state index contributed by atoms with van der Waals surface area (Å²) in [6.07, 6.45) is 1.10. The molecule has 1 unspecified atom stereocenters. The molecule has 1 aromatic carbocycles. The maximum absolute atomic E-state index is 5.10. The third kappa shape index (κ3) is 4.44. The van der Waals surface area contributed by atoms with Crippen molar-refractivity contribution in [1.29, 1.82) is 0 Å². The molecule has 0 aliphatic rings. The molecule has 108 valence electrons. The van der Waals surface area contributed by atoms with Crippen molar-refractivity contribution in [2.75, 3.05) is 26.8 Å². The molecular formula is C17H23NOS. The Morgan fingerprint density at radius 3 is 2.75 bits per heavy atom. The average Bonchev–Trinajstić information content (AvgIpc) is 2.96. The van der Waals surface area contributed by atoms with E-state index in [1.165, 1.54) is 16.0 Å². The van der Waals surface area contributed by atoms with Gasteiger partial charge in [-0.15, -0.1) is 11.3 Å². The van der Waals surface area contributed by atoms with Crippen molar-refractivity contribution in [2.24, 2.45) is 0 Å². The van der Waals surface area contributed by atoms with Crippen LogP contribution in [0, 0.1) is 6.92 Å². The minimum atomic E-state index is 0.520. The van der Waals surface area contributed by atoms with Gasteiger partial charge in [0.15, 0.2) is 0 Å². The van der Waals surface area contributed by atoms with E-state index in [9.17, 15) is 0 Å².